The number of primary amides is 1. The Hall–Kier alpha value is -5.66. The molecule has 56 heavy (non-hydrogen) atoms. The molecule has 2 aliphatic rings. The van der Waals surface area contributed by atoms with Gasteiger partial charge in [-0.1, -0.05) is 11.6 Å². The van der Waals surface area contributed by atoms with Crippen molar-refractivity contribution in [2.24, 2.45) is 18.7 Å². The van der Waals surface area contributed by atoms with Crippen LogP contribution in [0.2, 0.25) is 5.02 Å². The maximum atomic E-state index is 14.1. The molecule has 0 radical (unpaired) electrons. The zero-order valence-electron chi connectivity index (χ0n) is 31.5. The van der Waals surface area contributed by atoms with Crippen LogP contribution in [0, 0.1) is 5.92 Å². The summed E-state index contributed by atoms with van der Waals surface area (Å²) in [5.41, 5.74) is 4.07. The lowest BCUT2D eigenvalue weighted by molar-refractivity contribution is -0.878. The maximum absolute atomic E-state index is 14.1. The van der Waals surface area contributed by atoms with E-state index in [9.17, 15) is 32.3 Å². The highest BCUT2D eigenvalue weighted by atomic mass is 35.5. The van der Waals surface area contributed by atoms with Crippen molar-refractivity contribution in [3.8, 4) is 17.1 Å². The van der Waals surface area contributed by atoms with Gasteiger partial charge in [-0.2, -0.15) is 18.3 Å². The molecule has 1 aromatic carbocycles. The van der Waals surface area contributed by atoms with Gasteiger partial charge in [0.05, 0.1) is 66.7 Å². The number of methoxy groups -OCH3 is 1. The summed E-state index contributed by atoms with van der Waals surface area (Å²) in [6.07, 6.45) is -0.685. The van der Waals surface area contributed by atoms with E-state index >= 15 is 0 Å². The van der Waals surface area contributed by atoms with Gasteiger partial charge < -0.3 is 39.4 Å². The molecule has 3 aromatic heterocycles. The van der Waals surface area contributed by atoms with Crippen molar-refractivity contribution in [3.63, 3.8) is 0 Å². The second kappa shape index (κ2) is 17.9. The molecule has 4 aromatic rings. The van der Waals surface area contributed by atoms with E-state index in [0.717, 1.165) is 47.3 Å². The average Bonchev–Trinajstić information content (AvgIpc) is 3.88. The largest absolute Gasteiger partial charge is 0.435 e. The first kappa shape index (κ1) is 43.1. The molecule has 0 saturated carbocycles. The number of hydrogen-bond acceptors (Lipinski definition) is 9. The van der Waals surface area contributed by atoms with Crippen LogP contribution >= 0.6 is 11.6 Å². The first-order valence-corrected chi connectivity index (χ1v) is 17.5. The minimum absolute atomic E-state index is 0.00369. The Morgan fingerprint density at radius 1 is 1.00 bits per heavy atom. The number of halogens is 4. The van der Waals surface area contributed by atoms with E-state index in [2.05, 4.69) is 39.2 Å². The molecular weight excluding hydrogens is 761 g/mol. The van der Waals surface area contributed by atoms with Gasteiger partial charge in [-0.05, 0) is 30.3 Å². The minimum atomic E-state index is -4.87. The Kier molecular flexibility index (Phi) is 13.7. The van der Waals surface area contributed by atoms with Crippen LogP contribution in [0.1, 0.15) is 43.4 Å². The third kappa shape index (κ3) is 9.76. The van der Waals surface area contributed by atoms with E-state index in [-0.39, 0.29) is 62.5 Å². The second-order valence-electron chi connectivity index (χ2n) is 13.6. The lowest BCUT2D eigenvalue weighted by atomic mass is 10.1. The van der Waals surface area contributed by atoms with Crippen molar-refractivity contribution >= 4 is 47.7 Å². The van der Waals surface area contributed by atoms with E-state index in [1.54, 1.807) is 19.1 Å². The Labute approximate surface area is 325 Å². The Morgan fingerprint density at radius 2 is 1.64 bits per heavy atom. The van der Waals surface area contributed by atoms with Crippen molar-refractivity contribution in [1.82, 2.24) is 34.1 Å². The smallest absolute Gasteiger partial charge is 0.388 e. The summed E-state index contributed by atoms with van der Waals surface area (Å²) in [7, 11) is 8.86. The molecule has 0 spiro atoms. The summed E-state index contributed by atoms with van der Waals surface area (Å²) in [5, 5.41) is 6.38. The molecule has 3 N–H and O–H groups in total. The van der Waals surface area contributed by atoms with Crippen LogP contribution in [-0.2, 0) is 27.5 Å². The fourth-order valence-corrected chi connectivity index (χ4v) is 6.69. The number of alkyl halides is 3. The predicted octanol–water partition coefficient (Wildman–Crippen LogP) is 3.15. The third-order valence-corrected chi connectivity index (χ3v) is 9.51. The number of benzene rings is 1. The summed E-state index contributed by atoms with van der Waals surface area (Å²) in [5.74, 6) is -1.89. The number of imidazole rings is 1. The first-order valence-electron chi connectivity index (χ1n) is 17.1. The highest BCUT2D eigenvalue weighted by molar-refractivity contribution is 6.34. The number of rotatable bonds is 7. The quantitative estimate of drug-likeness (QED) is 0.265. The predicted molar refractivity (Wildman–Crippen MR) is 199 cm³/mol. The number of nitrogens with two attached hydrogens (primary N) is 1. The van der Waals surface area contributed by atoms with Crippen LogP contribution < -0.4 is 11.1 Å². The molecule has 2 aliphatic heterocycles. The number of likely N-dealkylation sites (tertiary alicyclic amines) is 1. The summed E-state index contributed by atoms with van der Waals surface area (Å²) >= 11 is 6.49. The number of nitrogens with one attached hydrogen (secondary N) is 1. The lowest BCUT2D eigenvalue weighted by Crippen LogP contribution is -2.52. The van der Waals surface area contributed by atoms with Gasteiger partial charge in [-0.25, -0.2) is 14.6 Å². The van der Waals surface area contributed by atoms with Crippen molar-refractivity contribution in [1.29, 1.82) is 0 Å². The number of ether oxygens (including phenoxy) is 1. The van der Waals surface area contributed by atoms with Gasteiger partial charge in [0, 0.05) is 71.9 Å². The topological polar surface area (TPSA) is 188 Å². The third-order valence-electron chi connectivity index (χ3n) is 9.20. The standard InChI is InChI=1S/C33H34ClF3N10O4.C2H6O.CH2O/c1-43-25(23-17-46(42-27(23)33(35,36)37)26-7-4-19(15-39-26)28(38)48)16-40-29(43)30(49)41-21-5-6-22(24(34)14-21)32(51)45-11-9-44(10-12-45)31(50)20-8-13-47(2,3)18-20;1-3-2;1-2/h4-7,14-17,20H,8-13,18H2,1-3H3,(H2-,38,41,48,49,51);1-2H3;1H2/p+1. The van der Waals surface area contributed by atoms with Crippen molar-refractivity contribution in [2.45, 2.75) is 12.6 Å². The number of piperazine rings is 1. The molecule has 300 valence electrons. The first-order chi connectivity index (χ1) is 26.4. The maximum Gasteiger partial charge on any atom is 0.435 e. The molecule has 0 aliphatic carbocycles. The van der Waals surface area contributed by atoms with Gasteiger partial charge in [0.25, 0.3) is 11.8 Å². The number of amides is 4. The fourth-order valence-electron chi connectivity index (χ4n) is 6.42. The van der Waals surface area contributed by atoms with Crippen molar-refractivity contribution < 1.29 is 46.4 Å². The average molecular weight is 804 g/mol. The van der Waals surface area contributed by atoms with Crippen LogP contribution in [0.25, 0.3) is 17.1 Å². The minimum Gasteiger partial charge on any atom is -0.388 e. The molecule has 4 amide bonds. The van der Waals surface area contributed by atoms with Crippen LogP contribution in [-0.4, -0.2) is 137 Å². The van der Waals surface area contributed by atoms with Gasteiger partial charge in [-0.15, -0.1) is 0 Å². The number of aromatic nitrogens is 5. The lowest BCUT2D eigenvalue weighted by Gasteiger charge is -2.36. The number of pyridine rings is 1. The summed E-state index contributed by atoms with van der Waals surface area (Å²) < 4.78 is 49.4. The zero-order valence-corrected chi connectivity index (χ0v) is 32.2. The molecule has 2 saturated heterocycles. The summed E-state index contributed by atoms with van der Waals surface area (Å²) in [6.45, 7) is 5.34. The molecule has 5 heterocycles. The van der Waals surface area contributed by atoms with Crippen LogP contribution in [0.5, 0.6) is 0 Å². The van der Waals surface area contributed by atoms with Crippen LogP contribution in [0.15, 0.2) is 48.9 Å². The highest BCUT2D eigenvalue weighted by Gasteiger charge is 2.40. The van der Waals surface area contributed by atoms with E-state index < -0.39 is 23.7 Å². The van der Waals surface area contributed by atoms with Crippen molar-refractivity contribution in [2.75, 3.05) is 72.9 Å². The van der Waals surface area contributed by atoms with E-state index in [4.69, 9.17) is 22.1 Å². The Morgan fingerprint density at radius 3 is 2.18 bits per heavy atom. The number of anilines is 1. The molecule has 2 fully saturated rings. The van der Waals surface area contributed by atoms with E-state index in [1.807, 2.05) is 11.7 Å². The van der Waals surface area contributed by atoms with Crippen LogP contribution in [0.3, 0.4) is 0 Å². The molecule has 16 nitrogen and oxygen atoms in total. The number of nitrogens with zero attached hydrogens (tertiary/aromatic N) is 8. The second-order valence-corrected chi connectivity index (χ2v) is 14.0. The Bertz CT molecular complexity index is 2060. The SMILES string of the molecule is C=O.COC.Cn1c(-c2cn(-c3ccc(C(N)=O)cn3)nc2C(F)(F)F)cnc1C(=O)Nc1ccc(C(=O)N2CCN(C(=O)C3CC[N+](C)(C)C3)CC2)c(Cl)c1. The Balaban J connectivity index is 0.00000133. The van der Waals surface area contributed by atoms with Gasteiger partial charge >= 0.3 is 6.18 Å². The molecule has 20 heteroatoms. The van der Waals surface area contributed by atoms with Gasteiger partial charge in [-0.3, -0.25) is 19.2 Å². The molecular formula is C36H43ClF3N10O6+. The number of carbonyl (C=O) groups excluding carboxylic acids is 5. The summed E-state index contributed by atoms with van der Waals surface area (Å²) in [4.78, 5) is 70.5. The number of hydrogen-bond donors (Lipinski definition) is 2. The zero-order chi connectivity index (χ0) is 41.5. The normalized spacial score (nSPS) is 16.3. The van der Waals surface area contributed by atoms with Gasteiger partial charge in [0.1, 0.15) is 6.79 Å². The number of carbonyl (C=O) groups is 5. The fraction of sp³-hybridized carbons (Fsp3) is 0.389. The van der Waals surface area contributed by atoms with Crippen LogP contribution in [0.4, 0.5) is 18.9 Å². The molecule has 6 rings (SSSR count). The molecule has 1 unspecified atom stereocenters. The summed E-state index contributed by atoms with van der Waals surface area (Å²) in [6, 6.07) is 6.97. The number of quaternary nitrogens is 1. The molecule has 0 bridgehead atoms. The van der Waals surface area contributed by atoms with Crippen molar-refractivity contribution in [3.05, 3.63) is 76.6 Å². The molecule has 1 atom stereocenters. The monoisotopic (exact) mass is 803 g/mol. The van der Waals surface area contributed by atoms with E-state index in [0.29, 0.717) is 26.2 Å². The van der Waals surface area contributed by atoms with Gasteiger partial charge in [0.2, 0.25) is 11.8 Å². The van der Waals surface area contributed by atoms with Gasteiger partial charge in [0.15, 0.2) is 17.3 Å². The highest BCUT2D eigenvalue weighted by Crippen LogP contribution is 2.37. The van der Waals surface area contributed by atoms with E-state index in [1.165, 1.54) is 41.9 Å².